The normalized spacial score (nSPS) is 11.3. The molecule has 0 spiro atoms. The fourth-order valence-electron chi connectivity index (χ4n) is 4.61. The zero-order chi connectivity index (χ0) is 30.1. The quantitative estimate of drug-likeness (QED) is 0.135. The highest BCUT2D eigenvalue weighted by Crippen LogP contribution is 2.35. The molecule has 6 rings (SSSR count). The van der Waals surface area contributed by atoms with E-state index in [1.807, 2.05) is 24.3 Å². The molecule has 0 aliphatic heterocycles. The van der Waals surface area contributed by atoms with Crippen LogP contribution < -0.4 is 16.2 Å². The number of nitrogens with two attached hydrogens (primary N) is 2. The molecule has 0 atom stereocenters. The minimum absolute atomic E-state index is 0.0149. The van der Waals surface area contributed by atoms with Crippen LogP contribution in [-0.4, -0.2) is 26.8 Å². The zero-order valence-corrected chi connectivity index (χ0v) is 24.2. The van der Waals surface area contributed by atoms with Crippen molar-refractivity contribution in [2.24, 2.45) is 0 Å². The third-order valence-corrected chi connectivity index (χ3v) is 8.26. The highest BCUT2D eigenvalue weighted by Gasteiger charge is 2.16. The number of thiol groups is 2. The lowest BCUT2D eigenvalue weighted by Gasteiger charge is -2.13. The van der Waals surface area contributed by atoms with Crippen molar-refractivity contribution in [2.45, 2.75) is 9.79 Å². The first kappa shape index (κ1) is 27.9. The van der Waals surface area contributed by atoms with Crippen LogP contribution in [0.5, 0.6) is 11.5 Å². The molecule has 0 fully saturated rings. The fraction of sp³-hybridized carbons (Fsp3) is 0. The van der Waals surface area contributed by atoms with Crippen molar-refractivity contribution >= 4 is 43.8 Å². The fourth-order valence-corrected chi connectivity index (χ4v) is 5.55. The lowest BCUT2D eigenvalue weighted by atomic mass is 10.0. The highest BCUT2D eigenvalue weighted by atomic mass is 32.2. The second-order valence-corrected chi connectivity index (χ2v) is 11.7. The molecule has 0 unspecified atom stereocenters. The summed E-state index contributed by atoms with van der Waals surface area (Å²) in [6.45, 7) is 0. The summed E-state index contributed by atoms with van der Waals surface area (Å²) in [5.41, 5.74) is 18.5. The first-order valence-electron chi connectivity index (χ1n) is 13.0. The Labute approximate surface area is 250 Å². The number of fused-ring (bicyclic) bond motifs is 1. The van der Waals surface area contributed by atoms with Gasteiger partial charge in [-0.15, -0.1) is 0 Å². The molecule has 214 valence electrons. The number of hydrogen-bond donors (Lipinski definition) is 4. The predicted octanol–water partition coefficient (Wildman–Crippen LogP) is 5.53. The first-order valence-corrected chi connectivity index (χ1v) is 15.4. The summed E-state index contributed by atoms with van der Waals surface area (Å²) in [5.74, 6) is 0.517. The maximum absolute atomic E-state index is 12.2. The van der Waals surface area contributed by atoms with Gasteiger partial charge in [-0.25, -0.2) is 26.8 Å². The molecule has 9 nitrogen and oxygen atoms in total. The number of nitrogen functional groups attached to an aromatic ring is 2. The molecule has 4 N–H and O–H groups in total. The minimum atomic E-state index is -3.01. The smallest absolute Gasteiger partial charge is 0.172 e. The lowest BCUT2D eigenvalue weighted by Crippen LogP contribution is -1.97. The summed E-state index contributed by atoms with van der Waals surface area (Å²) >= 11 is 0. The van der Waals surface area contributed by atoms with Crippen molar-refractivity contribution in [1.82, 2.24) is 9.97 Å². The van der Waals surface area contributed by atoms with Crippen LogP contribution in [0.15, 0.2) is 119 Å². The molecule has 1 aromatic heterocycles. The molecule has 0 aliphatic rings. The molecule has 11 heteroatoms. The van der Waals surface area contributed by atoms with Gasteiger partial charge in [0.1, 0.15) is 16.4 Å². The van der Waals surface area contributed by atoms with Gasteiger partial charge in [0.2, 0.25) is 0 Å². The third kappa shape index (κ3) is 5.89. The Morgan fingerprint density at radius 1 is 0.512 bits per heavy atom. The first-order chi connectivity index (χ1) is 20.7. The molecule has 0 bridgehead atoms. The van der Waals surface area contributed by atoms with Crippen molar-refractivity contribution in [3.8, 4) is 45.1 Å². The van der Waals surface area contributed by atoms with Crippen LogP contribution >= 0.6 is 0 Å². The molecule has 43 heavy (non-hydrogen) atoms. The van der Waals surface area contributed by atoms with E-state index in [4.69, 9.17) is 26.2 Å². The van der Waals surface area contributed by atoms with Gasteiger partial charge in [0.05, 0.1) is 27.3 Å². The van der Waals surface area contributed by atoms with Crippen molar-refractivity contribution in [3.05, 3.63) is 109 Å². The van der Waals surface area contributed by atoms with Crippen LogP contribution in [0, 0.1) is 0 Å². The summed E-state index contributed by atoms with van der Waals surface area (Å²) in [4.78, 5) is 9.99. The van der Waals surface area contributed by atoms with Crippen LogP contribution in [0.1, 0.15) is 0 Å². The summed E-state index contributed by atoms with van der Waals surface area (Å²) in [6.07, 6.45) is 0. The number of benzene rings is 5. The second-order valence-electron chi connectivity index (χ2n) is 9.66. The SMILES string of the molecule is Nc1ccc(-c2nc3ccc(Oc4ccc(-c5ccc([SH](=O)=O)cc5)cc4[SH](=O)=O)cc3nc2-c2ccc(N)cc2)cc1. The maximum Gasteiger partial charge on any atom is 0.172 e. The molecule has 0 saturated carbocycles. The lowest BCUT2D eigenvalue weighted by molar-refractivity contribution is 0.469. The van der Waals surface area contributed by atoms with E-state index in [9.17, 15) is 16.8 Å². The van der Waals surface area contributed by atoms with Crippen LogP contribution in [0.3, 0.4) is 0 Å². The van der Waals surface area contributed by atoms with Crippen LogP contribution in [0.25, 0.3) is 44.7 Å². The standard InChI is InChI=1S/C32H24N4O5S2/c33-23-8-1-20(2-9-23)31-32(21-3-10-24(34)11-4-21)36-28-18-25(12-15-27(28)35-31)41-29-16-7-22(17-30(29)43(39)40)19-5-13-26(14-6-19)42(37)38/h1-18,42-43H,33-34H2. The summed E-state index contributed by atoms with van der Waals surface area (Å²) in [5, 5.41) is 0. The Bertz CT molecular complexity index is 2130. The molecular weight excluding hydrogens is 585 g/mol. The Balaban J connectivity index is 1.39. The van der Waals surface area contributed by atoms with Gasteiger partial charge in [0, 0.05) is 28.6 Å². The average molecular weight is 609 g/mol. The van der Waals surface area contributed by atoms with Crippen LogP contribution in [0.2, 0.25) is 0 Å². The number of nitrogens with zero attached hydrogens (tertiary/aromatic N) is 2. The molecular formula is C32H24N4O5S2. The Hall–Kier alpha value is -5.26. The van der Waals surface area contributed by atoms with E-state index in [2.05, 4.69) is 0 Å². The van der Waals surface area contributed by atoms with Gasteiger partial charge in [-0.05, 0) is 71.8 Å². The number of anilines is 2. The zero-order valence-electron chi connectivity index (χ0n) is 22.4. The van der Waals surface area contributed by atoms with E-state index >= 15 is 0 Å². The van der Waals surface area contributed by atoms with E-state index in [1.54, 1.807) is 66.7 Å². The largest absolute Gasteiger partial charge is 0.456 e. The number of rotatable bonds is 7. The molecule has 5 aromatic carbocycles. The van der Waals surface area contributed by atoms with Gasteiger partial charge >= 0.3 is 0 Å². The Kier molecular flexibility index (Phi) is 7.49. The van der Waals surface area contributed by atoms with Crippen LogP contribution in [-0.2, 0) is 21.4 Å². The summed E-state index contributed by atoms with van der Waals surface area (Å²) in [7, 11) is -5.72. The van der Waals surface area contributed by atoms with E-state index in [0.717, 1.165) is 11.1 Å². The van der Waals surface area contributed by atoms with Crippen LogP contribution in [0.4, 0.5) is 11.4 Å². The number of ether oxygens (including phenoxy) is 1. The molecule has 0 amide bonds. The minimum Gasteiger partial charge on any atom is -0.456 e. The topological polar surface area (TPSA) is 155 Å². The number of aromatic nitrogens is 2. The van der Waals surface area contributed by atoms with Gasteiger partial charge in [0.25, 0.3) is 0 Å². The van der Waals surface area contributed by atoms with Crippen molar-refractivity contribution in [2.75, 3.05) is 11.5 Å². The van der Waals surface area contributed by atoms with E-state index in [1.165, 1.54) is 18.2 Å². The predicted molar refractivity (Wildman–Crippen MR) is 168 cm³/mol. The van der Waals surface area contributed by atoms with Crippen molar-refractivity contribution in [1.29, 1.82) is 0 Å². The van der Waals surface area contributed by atoms with Crippen molar-refractivity contribution in [3.63, 3.8) is 0 Å². The maximum atomic E-state index is 12.2. The molecule has 0 radical (unpaired) electrons. The van der Waals surface area contributed by atoms with Gasteiger partial charge < -0.3 is 16.2 Å². The van der Waals surface area contributed by atoms with Gasteiger partial charge in [-0.2, -0.15) is 0 Å². The monoisotopic (exact) mass is 608 g/mol. The van der Waals surface area contributed by atoms with Gasteiger partial charge in [-0.3, -0.25) is 0 Å². The summed E-state index contributed by atoms with van der Waals surface area (Å²) in [6, 6.07) is 30.8. The Morgan fingerprint density at radius 2 is 1.05 bits per heavy atom. The molecule has 0 aliphatic carbocycles. The van der Waals surface area contributed by atoms with E-state index < -0.39 is 21.4 Å². The second kappa shape index (κ2) is 11.6. The molecule has 0 saturated heterocycles. The average Bonchev–Trinajstić information content (AvgIpc) is 3.01. The van der Waals surface area contributed by atoms with E-state index in [-0.39, 0.29) is 15.5 Å². The molecule has 6 aromatic rings. The van der Waals surface area contributed by atoms with E-state index in [0.29, 0.717) is 50.7 Å². The molecule has 1 heterocycles. The van der Waals surface area contributed by atoms with Gasteiger partial charge in [-0.1, -0.05) is 42.5 Å². The van der Waals surface area contributed by atoms with Crippen molar-refractivity contribution < 1.29 is 21.6 Å². The third-order valence-electron chi connectivity index (χ3n) is 6.80. The summed E-state index contributed by atoms with van der Waals surface area (Å²) < 4.78 is 52.9. The Morgan fingerprint density at radius 3 is 1.60 bits per heavy atom. The highest BCUT2D eigenvalue weighted by molar-refractivity contribution is 7.72. The van der Waals surface area contributed by atoms with Gasteiger partial charge in [0.15, 0.2) is 21.4 Å². The number of hydrogen-bond acceptors (Lipinski definition) is 9.